The van der Waals surface area contributed by atoms with Gasteiger partial charge in [0.15, 0.2) is 5.82 Å². The average Bonchev–Trinajstić information content (AvgIpc) is 2.74. The van der Waals surface area contributed by atoms with Gasteiger partial charge in [-0.15, -0.1) is 10.2 Å². The highest BCUT2D eigenvalue weighted by Crippen LogP contribution is 2.17. The summed E-state index contributed by atoms with van der Waals surface area (Å²) in [7, 11) is 1.85. The van der Waals surface area contributed by atoms with Gasteiger partial charge in [-0.2, -0.15) is 0 Å². The van der Waals surface area contributed by atoms with E-state index in [-0.39, 0.29) is 11.6 Å². The Bertz CT molecular complexity index is 608. The summed E-state index contributed by atoms with van der Waals surface area (Å²) in [4.78, 5) is 15.3. The summed E-state index contributed by atoms with van der Waals surface area (Å²) < 4.78 is 1.80. The molecular weight excluding hydrogens is 246 g/mol. The third-order valence-corrected chi connectivity index (χ3v) is 2.70. The maximum Gasteiger partial charge on any atom is 0.335 e. The fourth-order valence-electron chi connectivity index (χ4n) is 1.84. The number of anilines is 1. The molecule has 100 valence electrons. The van der Waals surface area contributed by atoms with Gasteiger partial charge in [-0.05, 0) is 26.0 Å². The van der Waals surface area contributed by atoms with E-state index in [9.17, 15) is 4.79 Å². The van der Waals surface area contributed by atoms with Crippen LogP contribution in [0.3, 0.4) is 0 Å². The number of carbonyl (C=O) groups is 1. The highest BCUT2D eigenvalue weighted by atomic mass is 16.4. The van der Waals surface area contributed by atoms with E-state index in [1.165, 1.54) is 12.1 Å². The Morgan fingerprint density at radius 2 is 2.21 bits per heavy atom. The van der Waals surface area contributed by atoms with E-state index in [0.717, 1.165) is 5.82 Å². The molecule has 0 spiro atoms. The summed E-state index contributed by atoms with van der Waals surface area (Å²) in [6, 6.07) is 2.91. The molecule has 0 aliphatic carbocycles. The van der Waals surface area contributed by atoms with Gasteiger partial charge >= 0.3 is 5.97 Å². The molecule has 0 fully saturated rings. The van der Waals surface area contributed by atoms with Crippen LogP contribution < -0.4 is 5.32 Å². The second-order valence-corrected chi connectivity index (χ2v) is 4.35. The van der Waals surface area contributed by atoms with Crippen LogP contribution in [0.15, 0.2) is 18.5 Å². The molecule has 2 aromatic rings. The highest BCUT2D eigenvalue weighted by molar-refractivity contribution is 5.88. The van der Waals surface area contributed by atoms with Crippen molar-refractivity contribution < 1.29 is 9.90 Å². The van der Waals surface area contributed by atoms with Gasteiger partial charge in [-0.25, -0.2) is 9.78 Å². The smallest absolute Gasteiger partial charge is 0.335 e. The molecule has 1 unspecified atom stereocenters. The van der Waals surface area contributed by atoms with Crippen molar-refractivity contribution in [2.24, 2.45) is 7.05 Å². The van der Waals surface area contributed by atoms with Crippen LogP contribution in [0.4, 0.5) is 5.82 Å². The number of hydrogen-bond acceptors (Lipinski definition) is 5. The molecule has 1 atom stereocenters. The maximum atomic E-state index is 11.0. The Morgan fingerprint density at radius 3 is 2.79 bits per heavy atom. The minimum absolute atomic E-state index is 0.122. The second kappa shape index (κ2) is 5.05. The lowest BCUT2D eigenvalue weighted by Crippen LogP contribution is -2.13. The zero-order chi connectivity index (χ0) is 14.0. The first kappa shape index (κ1) is 13.0. The predicted molar refractivity (Wildman–Crippen MR) is 69.0 cm³/mol. The van der Waals surface area contributed by atoms with Crippen LogP contribution in [0.5, 0.6) is 0 Å². The van der Waals surface area contributed by atoms with E-state index >= 15 is 0 Å². The fourth-order valence-corrected chi connectivity index (χ4v) is 1.84. The molecule has 0 amide bonds. The SMILES string of the molecule is Cc1cc(C(=O)O)cc(NC(C)c2nncn2C)n1. The quantitative estimate of drug-likeness (QED) is 0.864. The lowest BCUT2D eigenvalue weighted by atomic mass is 10.2. The van der Waals surface area contributed by atoms with Gasteiger partial charge in [0.1, 0.15) is 12.1 Å². The van der Waals surface area contributed by atoms with Gasteiger partial charge in [0.25, 0.3) is 0 Å². The predicted octanol–water partition coefficient (Wildman–Crippen LogP) is 1.39. The van der Waals surface area contributed by atoms with Crippen LogP contribution in [0.2, 0.25) is 0 Å². The topological polar surface area (TPSA) is 92.9 Å². The van der Waals surface area contributed by atoms with E-state index in [1.807, 2.05) is 14.0 Å². The minimum atomic E-state index is -0.972. The Balaban J connectivity index is 2.24. The van der Waals surface area contributed by atoms with Gasteiger partial charge < -0.3 is 15.0 Å². The molecule has 2 N–H and O–H groups in total. The Kier molecular flexibility index (Phi) is 3.46. The summed E-state index contributed by atoms with van der Waals surface area (Å²) in [5.74, 6) is 0.285. The molecule has 2 heterocycles. The molecule has 0 saturated heterocycles. The number of carboxylic acid groups (broad SMARTS) is 1. The van der Waals surface area contributed by atoms with Crippen molar-refractivity contribution in [1.82, 2.24) is 19.7 Å². The van der Waals surface area contributed by atoms with Crippen molar-refractivity contribution in [2.75, 3.05) is 5.32 Å². The van der Waals surface area contributed by atoms with E-state index in [1.54, 1.807) is 17.8 Å². The summed E-state index contributed by atoms with van der Waals surface area (Å²) in [5.41, 5.74) is 0.854. The zero-order valence-corrected chi connectivity index (χ0v) is 11.0. The monoisotopic (exact) mass is 261 g/mol. The summed E-state index contributed by atoms with van der Waals surface area (Å²) in [6.07, 6.45) is 1.61. The Hall–Kier alpha value is -2.44. The van der Waals surface area contributed by atoms with Crippen molar-refractivity contribution >= 4 is 11.8 Å². The third kappa shape index (κ3) is 2.87. The lowest BCUT2D eigenvalue weighted by Gasteiger charge is -2.14. The van der Waals surface area contributed by atoms with Crippen molar-refractivity contribution in [3.63, 3.8) is 0 Å². The molecular formula is C12H15N5O2. The average molecular weight is 261 g/mol. The van der Waals surface area contributed by atoms with E-state index < -0.39 is 5.97 Å². The maximum absolute atomic E-state index is 11.0. The number of nitrogens with zero attached hydrogens (tertiary/aromatic N) is 4. The number of carboxylic acids is 1. The molecule has 0 aromatic carbocycles. The molecule has 0 radical (unpaired) electrons. The minimum Gasteiger partial charge on any atom is -0.478 e. The Labute approximate surface area is 110 Å². The number of aromatic nitrogens is 4. The number of rotatable bonds is 4. The third-order valence-electron chi connectivity index (χ3n) is 2.70. The van der Waals surface area contributed by atoms with E-state index in [4.69, 9.17) is 5.11 Å². The van der Waals surface area contributed by atoms with Gasteiger partial charge in [0.2, 0.25) is 0 Å². The van der Waals surface area contributed by atoms with Crippen molar-refractivity contribution in [3.05, 3.63) is 35.5 Å². The zero-order valence-electron chi connectivity index (χ0n) is 11.0. The molecule has 19 heavy (non-hydrogen) atoms. The number of pyridine rings is 1. The molecule has 2 aromatic heterocycles. The van der Waals surface area contributed by atoms with Crippen molar-refractivity contribution in [1.29, 1.82) is 0 Å². The molecule has 0 saturated carbocycles. The van der Waals surface area contributed by atoms with Crippen LogP contribution in [0.25, 0.3) is 0 Å². The highest BCUT2D eigenvalue weighted by Gasteiger charge is 2.13. The first-order valence-corrected chi connectivity index (χ1v) is 5.80. The molecule has 0 aliphatic rings. The molecule has 2 rings (SSSR count). The largest absolute Gasteiger partial charge is 0.478 e. The molecule has 7 heteroatoms. The fraction of sp³-hybridized carbons (Fsp3) is 0.333. The van der Waals surface area contributed by atoms with Crippen LogP contribution in [0.1, 0.15) is 34.8 Å². The van der Waals surface area contributed by atoms with Gasteiger partial charge in [-0.1, -0.05) is 0 Å². The molecule has 0 aliphatic heterocycles. The Morgan fingerprint density at radius 1 is 1.47 bits per heavy atom. The van der Waals surface area contributed by atoms with E-state index in [0.29, 0.717) is 11.5 Å². The van der Waals surface area contributed by atoms with Crippen LogP contribution >= 0.6 is 0 Å². The van der Waals surface area contributed by atoms with Gasteiger partial charge in [0.05, 0.1) is 11.6 Å². The van der Waals surface area contributed by atoms with E-state index in [2.05, 4.69) is 20.5 Å². The first-order chi connectivity index (χ1) is 8.97. The van der Waals surface area contributed by atoms with Crippen LogP contribution in [-0.2, 0) is 7.05 Å². The summed E-state index contributed by atoms with van der Waals surface area (Å²) in [6.45, 7) is 3.67. The second-order valence-electron chi connectivity index (χ2n) is 4.35. The number of nitrogens with one attached hydrogen (secondary N) is 1. The number of aromatic carboxylic acids is 1. The first-order valence-electron chi connectivity index (χ1n) is 5.80. The van der Waals surface area contributed by atoms with Crippen molar-refractivity contribution in [2.45, 2.75) is 19.9 Å². The molecule has 0 bridgehead atoms. The van der Waals surface area contributed by atoms with Crippen LogP contribution in [0, 0.1) is 6.92 Å². The van der Waals surface area contributed by atoms with Crippen molar-refractivity contribution in [3.8, 4) is 0 Å². The summed E-state index contributed by atoms with van der Waals surface area (Å²) >= 11 is 0. The van der Waals surface area contributed by atoms with Gasteiger partial charge in [-0.3, -0.25) is 0 Å². The van der Waals surface area contributed by atoms with Crippen LogP contribution in [-0.4, -0.2) is 30.8 Å². The number of aryl methyl sites for hydroxylation is 2. The normalized spacial score (nSPS) is 12.2. The number of hydrogen-bond donors (Lipinski definition) is 2. The lowest BCUT2D eigenvalue weighted by molar-refractivity contribution is 0.0696. The standard InChI is InChI=1S/C12H15N5O2/c1-7-4-9(12(18)19)5-10(14-7)15-8(2)11-16-13-6-17(11)3/h4-6,8H,1-3H3,(H,14,15)(H,18,19). The summed E-state index contributed by atoms with van der Waals surface area (Å²) in [5, 5.41) is 19.9. The van der Waals surface area contributed by atoms with Gasteiger partial charge in [0, 0.05) is 12.7 Å². The molecule has 7 nitrogen and oxygen atoms in total.